The number of carbonyl (C=O) groups excluding carboxylic acids is 1. The van der Waals surface area contributed by atoms with Crippen molar-refractivity contribution in [3.05, 3.63) is 53.3 Å². The lowest BCUT2D eigenvalue weighted by atomic mass is 10.1. The molecule has 0 saturated carbocycles. The zero-order valence-electron chi connectivity index (χ0n) is 14.3. The summed E-state index contributed by atoms with van der Waals surface area (Å²) in [5.74, 6) is 1.86. The van der Waals surface area contributed by atoms with Crippen molar-refractivity contribution >= 4 is 5.91 Å². The van der Waals surface area contributed by atoms with Crippen LogP contribution in [0.2, 0.25) is 0 Å². The van der Waals surface area contributed by atoms with Crippen LogP contribution >= 0.6 is 0 Å². The summed E-state index contributed by atoms with van der Waals surface area (Å²) in [6.45, 7) is 5.83. The minimum atomic E-state index is -0.168. The molecule has 25 heavy (non-hydrogen) atoms. The molecule has 1 aromatic carbocycles. The Balaban J connectivity index is 1.53. The van der Waals surface area contributed by atoms with Crippen LogP contribution in [-0.4, -0.2) is 37.3 Å². The van der Waals surface area contributed by atoms with E-state index in [0.717, 1.165) is 23.6 Å². The van der Waals surface area contributed by atoms with E-state index >= 15 is 0 Å². The van der Waals surface area contributed by atoms with Gasteiger partial charge in [-0.1, -0.05) is 41.9 Å². The minimum Gasteiger partial charge on any atom is -0.350 e. The molecule has 1 aliphatic rings. The van der Waals surface area contributed by atoms with Crippen LogP contribution in [0.1, 0.15) is 34.7 Å². The first-order chi connectivity index (χ1) is 12.2. The van der Waals surface area contributed by atoms with Crippen LogP contribution in [-0.2, 0) is 19.5 Å². The van der Waals surface area contributed by atoms with Gasteiger partial charge in [0.2, 0.25) is 5.76 Å². The van der Waals surface area contributed by atoms with Crippen LogP contribution in [0.5, 0.6) is 0 Å². The monoisotopic (exact) mass is 337 g/mol. The van der Waals surface area contributed by atoms with Crippen LogP contribution in [0, 0.1) is 6.92 Å². The lowest BCUT2D eigenvalue weighted by Gasteiger charge is -2.26. The van der Waals surface area contributed by atoms with Crippen molar-refractivity contribution < 1.29 is 9.32 Å². The van der Waals surface area contributed by atoms with E-state index in [0.29, 0.717) is 25.3 Å². The predicted octanol–water partition coefficient (Wildman–Crippen LogP) is 2.46. The zero-order valence-corrected chi connectivity index (χ0v) is 14.3. The molecule has 0 fully saturated rings. The maximum Gasteiger partial charge on any atom is 0.292 e. The molecular weight excluding hydrogens is 318 g/mol. The van der Waals surface area contributed by atoms with Crippen molar-refractivity contribution in [1.29, 1.82) is 0 Å². The predicted molar refractivity (Wildman–Crippen MR) is 90.8 cm³/mol. The molecule has 4 rings (SSSR count). The number of carbonyl (C=O) groups is 1. The van der Waals surface area contributed by atoms with Gasteiger partial charge in [-0.05, 0) is 6.92 Å². The van der Waals surface area contributed by atoms with Gasteiger partial charge >= 0.3 is 0 Å². The lowest BCUT2D eigenvalue weighted by molar-refractivity contribution is 0.0664. The summed E-state index contributed by atoms with van der Waals surface area (Å²) in [4.78, 5) is 14.4. The first kappa shape index (κ1) is 15.6. The number of benzene rings is 1. The second-order valence-electron chi connectivity index (χ2n) is 6.21. The van der Waals surface area contributed by atoms with Gasteiger partial charge in [0.05, 0.1) is 6.54 Å². The average Bonchev–Trinajstić information content (AvgIpc) is 3.28. The summed E-state index contributed by atoms with van der Waals surface area (Å²) >= 11 is 0. The van der Waals surface area contributed by atoms with E-state index in [-0.39, 0.29) is 11.7 Å². The van der Waals surface area contributed by atoms with Crippen molar-refractivity contribution in [1.82, 2.24) is 24.8 Å². The normalized spacial score (nSPS) is 13.8. The van der Waals surface area contributed by atoms with Crippen LogP contribution in [0.3, 0.4) is 0 Å². The first-order valence-corrected chi connectivity index (χ1v) is 8.39. The highest BCUT2D eigenvalue weighted by atomic mass is 16.5. The number of aryl methyl sites for hydroxylation is 2. The van der Waals surface area contributed by atoms with E-state index in [1.54, 1.807) is 11.0 Å². The summed E-state index contributed by atoms with van der Waals surface area (Å²) in [7, 11) is 0. The standard InChI is InChI=1S/C18H19N5O2/c1-3-16-19-20-17-11-22(8-9-23(16)17)18(24)15-10-14(21-25-15)13-6-4-12(2)5-7-13/h4-7,10H,3,8-9,11H2,1-2H3. The lowest BCUT2D eigenvalue weighted by Crippen LogP contribution is -2.38. The van der Waals surface area contributed by atoms with Crippen molar-refractivity contribution in [3.63, 3.8) is 0 Å². The highest BCUT2D eigenvalue weighted by Gasteiger charge is 2.27. The van der Waals surface area contributed by atoms with E-state index in [1.807, 2.05) is 31.2 Å². The maximum atomic E-state index is 12.7. The molecule has 0 saturated heterocycles. The molecule has 2 aromatic heterocycles. The van der Waals surface area contributed by atoms with Gasteiger partial charge in [0.25, 0.3) is 5.91 Å². The maximum absolute atomic E-state index is 12.7. The van der Waals surface area contributed by atoms with Gasteiger partial charge in [0.15, 0.2) is 5.82 Å². The quantitative estimate of drug-likeness (QED) is 0.734. The Morgan fingerprint density at radius 3 is 2.76 bits per heavy atom. The summed E-state index contributed by atoms with van der Waals surface area (Å²) in [5, 5.41) is 12.4. The van der Waals surface area contributed by atoms with Gasteiger partial charge < -0.3 is 14.0 Å². The largest absolute Gasteiger partial charge is 0.350 e. The average molecular weight is 337 g/mol. The van der Waals surface area contributed by atoms with Gasteiger partial charge in [-0.2, -0.15) is 0 Å². The first-order valence-electron chi connectivity index (χ1n) is 8.39. The van der Waals surface area contributed by atoms with E-state index in [9.17, 15) is 4.79 Å². The van der Waals surface area contributed by atoms with Crippen LogP contribution in [0.4, 0.5) is 0 Å². The highest BCUT2D eigenvalue weighted by molar-refractivity contribution is 5.92. The summed E-state index contributed by atoms with van der Waals surface area (Å²) in [5.41, 5.74) is 2.77. The molecule has 3 heterocycles. The van der Waals surface area contributed by atoms with E-state index in [1.165, 1.54) is 5.56 Å². The Morgan fingerprint density at radius 2 is 2.00 bits per heavy atom. The van der Waals surface area contributed by atoms with Crippen LogP contribution in [0.25, 0.3) is 11.3 Å². The number of rotatable bonds is 3. The van der Waals surface area contributed by atoms with Crippen LogP contribution in [0.15, 0.2) is 34.9 Å². The number of fused-ring (bicyclic) bond motifs is 1. The van der Waals surface area contributed by atoms with Gasteiger partial charge in [0.1, 0.15) is 11.5 Å². The molecule has 1 aliphatic heterocycles. The smallest absolute Gasteiger partial charge is 0.292 e. The Kier molecular flexibility index (Phi) is 3.83. The van der Waals surface area contributed by atoms with Crippen LogP contribution < -0.4 is 0 Å². The number of aromatic nitrogens is 4. The Morgan fingerprint density at radius 1 is 1.20 bits per heavy atom. The Bertz CT molecular complexity index is 910. The van der Waals surface area contributed by atoms with Crippen molar-refractivity contribution in [2.24, 2.45) is 0 Å². The fourth-order valence-electron chi connectivity index (χ4n) is 3.05. The van der Waals surface area contributed by atoms with Gasteiger partial charge in [-0.25, -0.2) is 0 Å². The third-order valence-corrected chi connectivity index (χ3v) is 4.50. The van der Waals surface area contributed by atoms with E-state index < -0.39 is 0 Å². The SMILES string of the molecule is CCc1nnc2n1CCN(C(=O)c1cc(-c3ccc(C)cc3)no1)C2. The minimum absolute atomic E-state index is 0.168. The fraction of sp³-hybridized carbons (Fsp3) is 0.333. The molecule has 0 aliphatic carbocycles. The second-order valence-corrected chi connectivity index (χ2v) is 6.21. The molecule has 0 spiro atoms. The summed E-state index contributed by atoms with van der Waals surface area (Å²) in [6, 6.07) is 9.65. The molecular formula is C18H19N5O2. The number of nitrogens with zero attached hydrogens (tertiary/aromatic N) is 5. The van der Waals surface area contributed by atoms with Crippen molar-refractivity contribution in [2.75, 3.05) is 6.54 Å². The topological polar surface area (TPSA) is 77.1 Å². The summed E-state index contributed by atoms with van der Waals surface area (Å²) < 4.78 is 7.38. The fourth-order valence-corrected chi connectivity index (χ4v) is 3.05. The van der Waals surface area contributed by atoms with E-state index in [4.69, 9.17) is 4.52 Å². The van der Waals surface area contributed by atoms with Crippen molar-refractivity contribution in [3.8, 4) is 11.3 Å². The third-order valence-electron chi connectivity index (χ3n) is 4.50. The summed E-state index contributed by atoms with van der Waals surface area (Å²) in [6.07, 6.45) is 0.836. The molecule has 7 nitrogen and oxygen atoms in total. The van der Waals surface area contributed by atoms with Gasteiger partial charge in [0, 0.05) is 31.1 Å². The molecule has 0 atom stereocenters. The molecule has 3 aromatic rings. The highest BCUT2D eigenvalue weighted by Crippen LogP contribution is 2.22. The third kappa shape index (κ3) is 2.82. The Hall–Kier alpha value is -2.96. The van der Waals surface area contributed by atoms with Gasteiger partial charge in [-0.15, -0.1) is 10.2 Å². The number of hydrogen-bond acceptors (Lipinski definition) is 5. The molecule has 0 bridgehead atoms. The van der Waals surface area contributed by atoms with Crippen molar-refractivity contribution in [2.45, 2.75) is 33.4 Å². The molecule has 0 N–H and O–H groups in total. The number of hydrogen-bond donors (Lipinski definition) is 0. The molecule has 1 amide bonds. The molecule has 128 valence electrons. The van der Waals surface area contributed by atoms with Gasteiger partial charge in [-0.3, -0.25) is 4.79 Å². The molecule has 7 heteroatoms. The molecule has 0 unspecified atom stereocenters. The number of amides is 1. The Labute approximate surface area is 145 Å². The molecule has 0 radical (unpaired) electrons. The second kappa shape index (κ2) is 6.16. The zero-order chi connectivity index (χ0) is 17.4. The van der Waals surface area contributed by atoms with E-state index in [2.05, 4.69) is 26.8 Å².